The molecule has 3 heterocycles. The summed E-state index contributed by atoms with van der Waals surface area (Å²) in [5.41, 5.74) is 5.69. The van der Waals surface area contributed by atoms with Crippen molar-refractivity contribution < 1.29 is 19.2 Å². The van der Waals surface area contributed by atoms with Crippen LogP contribution < -0.4 is 10.6 Å². The first-order chi connectivity index (χ1) is 15.9. The molecule has 8 nitrogen and oxygen atoms in total. The fourth-order valence-corrected chi connectivity index (χ4v) is 4.85. The Kier molecular flexibility index (Phi) is 5.36. The number of carbonyl (C=O) groups is 4. The summed E-state index contributed by atoms with van der Waals surface area (Å²) in [5.74, 6) is -0.967. The number of carbonyl (C=O) groups excluding carboxylic acids is 4. The zero-order chi connectivity index (χ0) is 23.1. The number of nitrogens with one attached hydrogen (secondary N) is 2. The van der Waals surface area contributed by atoms with Crippen LogP contribution in [-0.4, -0.2) is 46.1 Å². The molecule has 1 unspecified atom stereocenters. The Balaban J connectivity index is 1.26. The number of benzene rings is 2. The Morgan fingerprint density at radius 2 is 1.88 bits per heavy atom. The standard InChI is InChI=1S/C25H26N4O4/c1-2-15-3-4-17-13-28(10-9-16(17)11-15)25(33)26-19-5-6-20-18(12-19)14-29(24(20)32)21-7-8-22(30)27-23(21)31/h3-6,11-12,21H,2,7-10,13-14H2,1H3,(H,26,33)(H,27,30,31). The highest BCUT2D eigenvalue weighted by molar-refractivity contribution is 6.05. The number of fused-ring (bicyclic) bond motifs is 2. The summed E-state index contributed by atoms with van der Waals surface area (Å²) in [7, 11) is 0. The predicted molar refractivity (Wildman–Crippen MR) is 121 cm³/mol. The molecule has 170 valence electrons. The summed E-state index contributed by atoms with van der Waals surface area (Å²) >= 11 is 0. The van der Waals surface area contributed by atoms with E-state index in [2.05, 4.69) is 35.8 Å². The van der Waals surface area contributed by atoms with E-state index in [1.54, 1.807) is 23.1 Å². The lowest BCUT2D eigenvalue weighted by molar-refractivity contribution is -0.136. The fourth-order valence-electron chi connectivity index (χ4n) is 4.85. The number of aryl methyl sites for hydroxylation is 1. The molecule has 5 amide bonds. The van der Waals surface area contributed by atoms with E-state index in [1.165, 1.54) is 21.6 Å². The third-order valence-electron chi connectivity index (χ3n) is 6.75. The number of piperidine rings is 1. The van der Waals surface area contributed by atoms with Gasteiger partial charge in [-0.1, -0.05) is 25.1 Å². The van der Waals surface area contributed by atoms with Crippen LogP contribution in [-0.2, 0) is 35.5 Å². The third-order valence-corrected chi connectivity index (χ3v) is 6.75. The van der Waals surface area contributed by atoms with Gasteiger partial charge in [-0.25, -0.2) is 4.79 Å². The van der Waals surface area contributed by atoms with Crippen molar-refractivity contribution in [2.45, 2.75) is 51.7 Å². The normalized spacial score (nSPS) is 19.8. The van der Waals surface area contributed by atoms with Gasteiger partial charge in [0.25, 0.3) is 5.91 Å². The number of anilines is 1. The first kappa shape index (κ1) is 21.2. The number of urea groups is 1. The highest BCUT2D eigenvalue weighted by Gasteiger charge is 2.39. The molecule has 1 saturated heterocycles. The van der Waals surface area contributed by atoms with Crippen LogP contribution in [0.4, 0.5) is 10.5 Å². The van der Waals surface area contributed by atoms with Gasteiger partial charge in [0.2, 0.25) is 11.8 Å². The Morgan fingerprint density at radius 1 is 1.03 bits per heavy atom. The van der Waals surface area contributed by atoms with Gasteiger partial charge in [0.05, 0.1) is 0 Å². The van der Waals surface area contributed by atoms with Crippen LogP contribution in [0.5, 0.6) is 0 Å². The Morgan fingerprint density at radius 3 is 2.67 bits per heavy atom. The highest BCUT2D eigenvalue weighted by atomic mass is 16.2. The zero-order valence-electron chi connectivity index (χ0n) is 18.5. The average Bonchev–Trinajstić information content (AvgIpc) is 3.13. The molecule has 2 N–H and O–H groups in total. The van der Waals surface area contributed by atoms with E-state index in [4.69, 9.17) is 0 Å². The summed E-state index contributed by atoms with van der Waals surface area (Å²) in [6, 6.07) is 10.8. The van der Waals surface area contributed by atoms with E-state index in [0.29, 0.717) is 30.8 Å². The molecule has 33 heavy (non-hydrogen) atoms. The number of rotatable bonds is 3. The molecule has 2 aromatic carbocycles. The molecule has 5 rings (SSSR count). The van der Waals surface area contributed by atoms with Gasteiger partial charge in [-0.3, -0.25) is 19.7 Å². The van der Waals surface area contributed by atoms with Gasteiger partial charge >= 0.3 is 6.03 Å². The first-order valence-electron chi connectivity index (χ1n) is 11.4. The van der Waals surface area contributed by atoms with Gasteiger partial charge in [0, 0.05) is 37.3 Å². The molecule has 2 aromatic rings. The monoisotopic (exact) mass is 446 g/mol. The van der Waals surface area contributed by atoms with Gasteiger partial charge in [0.1, 0.15) is 6.04 Å². The maximum atomic E-state index is 12.9. The zero-order valence-corrected chi connectivity index (χ0v) is 18.5. The van der Waals surface area contributed by atoms with E-state index >= 15 is 0 Å². The van der Waals surface area contributed by atoms with Gasteiger partial charge in [0.15, 0.2) is 0 Å². The maximum absolute atomic E-state index is 12.9. The van der Waals surface area contributed by atoms with Crippen LogP contribution in [0.1, 0.15) is 52.4 Å². The number of amides is 5. The van der Waals surface area contributed by atoms with E-state index in [9.17, 15) is 19.2 Å². The molecule has 3 aliphatic heterocycles. The molecule has 0 aromatic heterocycles. The lowest BCUT2D eigenvalue weighted by Gasteiger charge is -2.29. The lowest BCUT2D eigenvalue weighted by atomic mass is 9.97. The minimum atomic E-state index is -0.651. The van der Waals surface area contributed by atoms with Crippen LogP contribution in [0.15, 0.2) is 36.4 Å². The van der Waals surface area contributed by atoms with Crippen LogP contribution in [0, 0.1) is 0 Å². The minimum Gasteiger partial charge on any atom is -0.322 e. The second kappa shape index (κ2) is 8.35. The van der Waals surface area contributed by atoms with Gasteiger partial charge < -0.3 is 15.1 Å². The van der Waals surface area contributed by atoms with E-state index in [1.807, 2.05) is 0 Å². The minimum absolute atomic E-state index is 0.175. The summed E-state index contributed by atoms with van der Waals surface area (Å²) in [6.45, 7) is 3.64. The predicted octanol–water partition coefficient (Wildman–Crippen LogP) is 2.60. The molecule has 0 spiro atoms. The summed E-state index contributed by atoms with van der Waals surface area (Å²) < 4.78 is 0. The van der Waals surface area contributed by atoms with Crippen molar-refractivity contribution in [3.8, 4) is 0 Å². The number of imide groups is 1. The smallest absolute Gasteiger partial charge is 0.322 e. The highest BCUT2D eigenvalue weighted by Crippen LogP contribution is 2.30. The number of nitrogens with zero attached hydrogens (tertiary/aromatic N) is 2. The van der Waals surface area contributed by atoms with Crippen molar-refractivity contribution in [2.24, 2.45) is 0 Å². The summed E-state index contributed by atoms with van der Waals surface area (Å²) in [6.07, 6.45) is 2.37. The first-order valence-corrected chi connectivity index (χ1v) is 11.4. The summed E-state index contributed by atoms with van der Waals surface area (Å²) in [4.78, 5) is 52.7. The Bertz CT molecular complexity index is 1170. The van der Waals surface area contributed by atoms with Crippen LogP contribution in [0.2, 0.25) is 0 Å². The molecule has 0 radical (unpaired) electrons. The van der Waals surface area contributed by atoms with Gasteiger partial charge in [-0.2, -0.15) is 0 Å². The third kappa shape index (κ3) is 3.97. The second-order valence-electron chi connectivity index (χ2n) is 8.83. The quantitative estimate of drug-likeness (QED) is 0.708. The van der Waals surface area contributed by atoms with Crippen LogP contribution >= 0.6 is 0 Å². The molecule has 3 aliphatic rings. The van der Waals surface area contributed by atoms with Gasteiger partial charge in [-0.05, 0) is 59.7 Å². The molecule has 8 heteroatoms. The van der Waals surface area contributed by atoms with Crippen molar-refractivity contribution in [3.63, 3.8) is 0 Å². The van der Waals surface area contributed by atoms with Crippen molar-refractivity contribution >= 4 is 29.4 Å². The topological polar surface area (TPSA) is 98.8 Å². The van der Waals surface area contributed by atoms with E-state index < -0.39 is 11.9 Å². The van der Waals surface area contributed by atoms with E-state index in [-0.39, 0.29) is 30.8 Å². The molecular weight excluding hydrogens is 420 g/mol. The molecule has 0 aliphatic carbocycles. The van der Waals surface area contributed by atoms with Crippen LogP contribution in [0.3, 0.4) is 0 Å². The molecule has 1 atom stereocenters. The average molecular weight is 447 g/mol. The van der Waals surface area contributed by atoms with Gasteiger partial charge in [-0.15, -0.1) is 0 Å². The second-order valence-corrected chi connectivity index (χ2v) is 8.83. The maximum Gasteiger partial charge on any atom is 0.322 e. The number of hydrogen-bond donors (Lipinski definition) is 2. The fraction of sp³-hybridized carbons (Fsp3) is 0.360. The van der Waals surface area contributed by atoms with Crippen molar-refractivity contribution in [3.05, 3.63) is 64.2 Å². The SMILES string of the molecule is CCc1ccc2c(c1)CCN(C(=O)Nc1ccc3c(c1)CN(C1CCC(=O)NC1=O)C3=O)C2. The lowest BCUT2D eigenvalue weighted by Crippen LogP contribution is -2.52. The van der Waals surface area contributed by atoms with Crippen molar-refractivity contribution in [2.75, 3.05) is 11.9 Å². The number of hydrogen-bond acceptors (Lipinski definition) is 4. The van der Waals surface area contributed by atoms with Crippen molar-refractivity contribution in [1.82, 2.24) is 15.1 Å². The van der Waals surface area contributed by atoms with E-state index in [0.717, 1.165) is 18.4 Å². The van der Waals surface area contributed by atoms with Crippen LogP contribution in [0.25, 0.3) is 0 Å². The molecular formula is C25H26N4O4. The molecule has 1 fully saturated rings. The molecule has 0 saturated carbocycles. The largest absolute Gasteiger partial charge is 0.322 e. The summed E-state index contributed by atoms with van der Waals surface area (Å²) in [5, 5.41) is 5.26. The Hall–Kier alpha value is -3.68. The Labute approximate surface area is 191 Å². The van der Waals surface area contributed by atoms with Crippen molar-refractivity contribution in [1.29, 1.82) is 0 Å². The molecule has 0 bridgehead atoms.